The SMILES string of the molecule is CC(C)CC(=O)Cc1nc(-c2ccc(Cl)c(Br)c2)no1. The third kappa shape index (κ3) is 3.90. The first-order chi connectivity index (χ1) is 9.45. The fourth-order valence-electron chi connectivity index (χ4n) is 1.78. The zero-order chi connectivity index (χ0) is 14.7. The van der Waals surface area contributed by atoms with Crippen molar-refractivity contribution in [1.82, 2.24) is 10.1 Å². The summed E-state index contributed by atoms with van der Waals surface area (Å²) in [6, 6.07) is 5.37. The van der Waals surface area contributed by atoms with Gasteiger partial charge >= 0.3 is 0 Å². The number of carbonyl (C=O) groups is 1. The standard InChI is InChI=1S/C14H14BrClN2O2/c1-8(2)5-10(19)7-13-17-14(18-20-13)9-3-4-12(16)11(15)6-9/h3-4,6,8H,5,7H2,1-2H3. The first-order valence-electron chi connectivity index (χ1n) is 6.25. The van der Waals surface area contributed by atoms with Crippen LogP contribution >= 0.6 is 27.5 Å². The van der Waals surface area contributed by atoms with Gasteiger partial charge in [0, 0.05) is 16.5 Å². The maximum Gasteiger partial charge on any atom is 0.234 e. The summed E-state index contributed by atoms with van der Waals surface area (Å²) in [4.78, 5) is 16.0. The zero-order valence-electron chi connectivity index (χ0n) is 11.2. The lowest BCUT2D eigenvalue weighted by molar-refractivity contribution is -0.119. The van der Waals surface area contributed by atoms with Gasteiger partial charge in [-0.05, 0) is 40.0 Å². The molecule has 0 spiro atoms. The molecule has 2 aromatic rings. The number of hydrogen-bond donors (Lipinski definition) is 0. The van der Waals surface area contributed by atoms with Crippen molar-refractivity contribution in [1.29, 1.82) is 0 Å². The van der Waals surface area contributed by atoms with E-state index in [1.165, 1.54) is 0 Å². The van der Waals surface area contributed by atoms with Crippen molar-refractivity contribution in [3.05, 3.63) is 33.6 Å². The second-order valence-electron chi connectivity index (χ2n) is 4.95. The number of Topliss-reactive ketones (excluding diaryl/α,β-unsaturated/α-hetero) is 1. The molecule has 1 aromatic carbocycles. The van der Waals surface area contributed by atoms with Crippen LogP contribution in [-0.2, 0) is 11.2 Å². The van der Waals surface area contributed by atoms with Gasteiger partial charge in [0.1, 0.15) is 5.78 Å². The highest BCUT2D eigenvalue weighted by molar-refractivity contribution is 9.10. The molecule has 0 bridgehead atoms. The number of carbonyl (C=O) groups excluding carboxylic acids is 1. The van der Waals surface area contributed by atoms with Crippen LogP contribution in [-0.4, -0.2) is 15.9 Å². The van der Waals surface area contributed by atoms with Crippen LogP contribution < -0.4 is 0 Å². The van der Waals surface area contributed by atoms with Crippen molar-refractivity contribution in [3.8, 4) is 11.4 Å². The Balaban J connectivity index is 2.12. The molecule has 0 aliphatic carbocycles. The molecule has 0 N–H and O–H groups in total. The molecule has 0 amide bonds. The van der Waals surface area contributed by atoms with Gasteiger partial charge in [-0.15, -0.1) is 0 Å². The predicted molar refractivity (Wildman–Crippen MR) is 80.6 cm³/mol. The van der Waals surface area contributed by atoms with Crippen LogP contribution in [0.25, 0.3) is 11.4 Å². The maximum atomic E-state index is 11.7. The molecule has 6 heteroatoms. The van der Waals surface area contributed by atoms with Crippen LogP contribution in [0.3, 0.4) is 0 Å². The van der Waals surface area contributed by atoms with E-state index in [0.717, 1.165) is 10.0 Å². The minimum absolute atomic E-state index is 0.104. The summed E-state index contributed by atoms with van der Waals surface area (Å²) in [7, 11) is 0. The van der Waals surface area contributed by atoms with Gasteiger partial charge in [-0.3, -0.25) is 4.79 Å². The van der Waals surface area contributed by atoms with Crippen LogP contribution in [0.5, 0.6) is 0 Å². The van der Waals surface area contributed by atoms with Crippen molar-refractivity contribution in [2.24, 2.45) is 5.92 Å². The fourth-order valence-corrected chi connectivity index (χ4v) is 2.27. The van der Waals surface area contributed by atoms with Crippen LogP contribution in [0.15, 0.2) is 27.2 Å². The molecule has 1 aromatic heterocycles. The van der Waals surface area contributed by atoms with E-state index in [2.05, 4.69) is 26.1 Å². The van der Waals surface area contributed by atoms with Crippen LogP contribution in [0.4, 0.5) is 0 Å². The molecule has 0 saturated carbocycles. The number of halogens is 2. The van der Waals surface area contributed by atoms with E-state index in [0.29, 0.717) is 29.1 Å². The van der Waals surface area contributed by atoms with E-state index in [-0.39, 0.29) is 12.2 Å². The molecular formula is C14H14BrClN2O2. The summed E-state index contributed by atoms with van der Waals surface area (Å²) in [5.41, 5.74) is 0.785. The second-order valence-corrected chi connectivity index (χ2v) is 6.22. The Bertz CT molecular complexity index is 625. The summed E-state index contributed by atoms with van der Waals surface area (Å²) < 4.78 is 5.87. The zero-order valence-corrected chi connectivity index (χ0v) is 13.5. The minimum atomic E-state index is 0.104. The van der Waals surface area contributed by atoms with Gasteiger partial charge in [-0.1, -0.05) is 30.6 Å². The molecule has 2 rings (SSSR count). The Kier molecular flexibility index (Phi) is 4.94. The van der Waals surface area contributed by atoms with E-state index in [1.54, 1.807) is 12.1 Å². The van der Waals surface area contributed by atoms with E-state index >= 15 is 0 Å². The van der Waals surface area contributed by atoms with E-state index in [4.69, 9.17) is 16.1 Å². The van der Waals surface area contributed by atoms with Gasteiger partial charge in [0.05, 0.1) is 11.4 Å². The number of hydrogen-bond acceptors (Lipinski definition) is 4. The minimum Gasteiger partial charge on any atom is -0.339 e. The molecule has 106 valence electrons. The molecule has 0 atom stereocenters. The second kappa shape index (κ2) is 6.50. The van der Waals surface area contributed by atoms with Gasteiger partial charge in [-0.2, -0.15) is 4.98 Å². The van der Waals surface area contributed by atoms with Gasteiger partial charge in [0.15, 0.2) is 0 Å². The van der Waals surface area contributed by atoms with Crippen LogP contribution in [0.2, 0.25) is 5.02 Å². The Hall–Kier alpha value is -1.20. The monoisotopic (exact) mass is 356 g/mol. The first kappa shape index (κ1) is 15.2. The number of nitrogens with zero attached hydrogens (tertiary/aromatic N) is 2. The van der Waals surface area contributed by atoms with Crippen LogP contribution in [0.1, 0.15) is 26.2 Å². The molecular weight excluding hydrogens is 344 g/mol. The van der Waals surface area contributed by atoms with Crippen molar-refractivity contribution >= 4 is 33.3 Å². The molecule has 0 radical (unpaired) electrons. The van der Waals surface area contributed by atoms with Crippen LogP contribution in [0, 0.1) is 5.92 Å². The normalized spacial score (nSPS) is 11.1. The summed E-state index contributed by atoms with van der Waals surface area (Å²) in [6.45, 7) is 4.00. The van der Waals surface area contributed by atoms with Crippen molar-refractivity contribution < 1.29 is 9.32 Å². The van der Waals surface area contributed by atoms with Crippen molar-refractivity contribution in [2.45, 2.75) is 26.7 Å². The smallest absolute Gasteiger partial charge is 0.234 e. The largest absolute Gasteiger partial charge is 0.339 e. The van der Waals surface area contributed by atoms with E-state index in [9.17, 15) is 4.79 Å². The quantitative estimate of drug-likeness (QED) is 0.800. The maximum absolute atomic E-state index is 11.7. The Morgan fingerprint density at radius 2 is 2.20 bits per heavy atom. The average molecular weight is 358 g/mol. The summed E-state index contributed by atoms with van der Waals surface area (Å²) in [5, 5.41) is 4.50. The van der Waals surface area contributed by atoms with Gasteiger partial charge < -0.3 is 4.52 Å². The lowest BCUT2D eigenvalue weighted by Gasteiger charge is -2.00. The lowest BCUT2D eigenvalue weighted by Crippen LogP contribution is -2.06. The number of ketones is 1. The predicted octanol–water partition coefficient (Wildman–Crippen LogP) is 4.31. The number of aromatic nitrogens is 2. The Morgan fingerprint density at radius 3 is 2.85 bits per heavy atom. The Labute approximate surface area is 130 Å². The third-order valence-corrected chi connectivity index (χ3v) is 3.84. The van der Waals surface area contributed by atoms with Gasteiger partial charge in [0.2, 0.25) is 11.7 Å². The fraction of sp³-hybridized carbons (Fsp3) is 0.357. The molecule has 0 saturated heterocycles. The molecule has 0 fully saturated rings. The van der Waals surface area contributed by atoms with E-state index < -0.39 is 0 Å². The third-order valence-electron chi connectivity index (χ3n) is 2.63. The molecule has 0 unspecified atom stereocenters. The molecule has 0 aliphatic rings. The van der Waals surface area contributed by atoms with Crippen molar-refractivity contribution in [3.63, 3.8) is 0 Å². The summed E-state index contributed by atoms with van der Waals surface area (Å²) >= 11 is 9.28. The molecule has 4 nitrogen and oxygen atoms in total. The lowest BCUT2D eigenvalue weighted by atomic mass is 10.1. The molecule has 20 heavy (non-hydrogen) atoms. The summed E-state index contributed by atoms with van der Waals surface area (Å²) in [6.07, 6.45) is 0.699. The van der Waals surface area contributed by atoms with E-state index in [1.807, 2.05) is 19.9 Å². The Morgan fingerprint density at radius 1 is 1.45 bits per heavy atom. The average Bonchev–Trinajstić information content (AvgIpc) is 2.80. The molecule has 0 aliphatic heterocycles. The topological polar surface area (TPSA) is 56.0 Å². The highest BCUT2D eigenvalue weighted by Gasteiger charge is 2.14. The number of rotatable bonds is 5. The van der Waals surface area contributed by atoms with Gasteiger partial charge in [0.25, 0.3) is 0 Å². The highest BCUT2D eigenvalue weighted by atomic mass is 79.9. The van der Waals surface area contributed by atoms with Crippen molar-refractivity contribution in [2.75, 3.05) is 0 Å². The highest BCUT2D eigenvalue weighted by Crippen LogP contribution is 2.27. The van der Waals surface area contributed by atoms with Gasteiger partial charge in [-0.25, -0.2) is 0 Å². The molecule has 1 heterocycles. The summed E-state index contributed by atoms with van der Waals surface area (Å²) in [5.74, 6) is 1.23. The number of benzene rings is 1. The first-order valence-corrected chi connectivity index (χ1v) is 7.42.